The lowest BCUT2D eigenvalue weighted by Crippen LogP contribution is -2.07. The Morgan fingerprint density at radius 3 is 2.36 bits per heavy atom. The molecule has 0 aliphatic carbocycles. The largest absolute Gasteiger partial charge is 0.417 e. The number of halogens is 3. The molecular weight excluding hydrogens is 291 g/mol. The van der Waals surface area contributed by atoms with Crippen molar-refractivity contribution in [3.8, 4) is 11.4 Å². The van der Waals surface area contributed by atoms with Crippen molar-refractivity contribution in [3.05, 3.63) is 48.2 Å². The molecule has 1 aromatic carbocycles. The second kappa shape index (κ2) is 5.12. The fraction of sp³-hybridized carbons (Fsp3) is 0.250. The summed E-state index contributed by atoms with van der Waals surface area (Å²) in [6.45, 7) is 3.90. The Kier molecular flexibility index (Phi) is 3.39. The maximum absolute atomic E-state index is 12.8. The first-order valence-electron chi connectivity index (χ1n) is 6.88. The summed E-state index contributed by atoms with van der Waals surface area (Å²) in [6, 6.07) is 10.5. The second-order valence-corrected chi connectivity index (χ2v) is 5.33. The van der Waals surface area contributed by atoms with E-state index in [9.17, 15) is 13.2 Å². The number of alkyl halides is 3. The molecule has 0 fully saturated rings. The lowest BCUT2D eigenvalue weighted by molar-refractivity contribution is -0.137. The molecule has 3 aromatic rings. The van der Waals surface area contributed by atoms with Gasteiger partial charge in [-0.2, -0.15) is 13.2 Å². The summed E-state index contributed by atoms with van der Waals surface area (Å²) >= 11 is 0. The quantitative estimate of drug-likeness (QED) is 0.687. The van der Waals surface area contributed by atoms with Gasteiger partial charge in [-0.05, 0) is 19.9 Å². The van der Waals surface area contributed by atoms with Crippen molar-refractivity contribution >= 4 is 11.2 Å². The van der Waals surface area contributed by atoms with E-state index in [4.69, 9.17) is 0 Å². The van der Waals surface area contributed by atoms with Crippen molar-refractivity contribution in [2.75, 3.05) is 0 Å². The van der Waals surface area contributed by atoms with Crippen LogP contribution >= 0.6 is 0 Å². The van der Waals surface area contributed by atoms with Gasteiger partial charge in [-0.15, -0.1) is 0 Å². The standard InChI is InChI=1S/C16H14F3N3/c1-10(2)22-14(11-6-4-3-5-7-11)21-13-8-12(16(17,18)19)9-20-15(13)22/h3-10H,1-2H3. The first kappa shape index (κ1) is 14.6. The fourth-order valence-corrected chi connectivity index (χ4v) is 2.42. The van der Waals surface area contributed by atoms with Gasteiger partial charge >= 0.3 is 6.18 Å². The van der Waals surface area contributed by atoms with Gasteiger partial charge in [0, 0.05) is 17.8 Å². The van der Waals surface area contributed by atoms with E-state index in [-0.39, 0.29) is 11.6 Å². The molecule has 3 nitrogen and oxygen atoms in total. The molecule has 0 saturated heterocycles. The van der Waals surface area contributed by atoms with Gasteiger partial charge in [-0.3, -0.25) is 0 Å². The summed E-state index contributed by atoms with van der Waals surface area (Å²) in [5.41, 5.74) is 0.778. The Morgan fingerprint density at radius 2 is 1.77 bits per heavy atom. The van der Waals surface area contributed by atoms with Gasteiger partial charge in [0.15, 0.2) is 5.65 Å². The van der Waals surface area contributed by atoms with Crippen molar-refractivity contribution < 1.29 is 13.2 Å². The van der Waals surface area contributed by atoms with Crippen LogP contribution in [0.1, 0.15) is 25.5 Å². The molecular formula is C16H14F3N3. The molecule has 0 radical (unpaired) electrons. The third-order valence-electron chi connectivity index (χ3n) is 3.41. The number of hydrogen-bond donors (Lipinski definition) is 0. The Morgan fingerprint density at radius 1 is 1.09 bits per heavy atom. The van der Waals surface area contributed by atoms with Crippen LogP contribution in [-0.2, 0) is 6.18 Å². The SMILES string of the molecule is CC(C)n1c(-c2ccccc2)nc2cc(C(F)(F)F)cnc21. The van der Waals surface area contributed by atoms with E-state index in [1.165, 1.54) is 0 Å². The highest BCUT2D eigenvalue weighted by Gasteiger charge is 2.32. The fourth-order valence-electron chi connectivity index (χ4n) is 2.42. The van der Waals surface area contributed by atoms with Crippen LogP contribution in [-0.4, -0.2) is 14.5 Å². The third kappa shape index (κ3) is 2.45. The Bertz CT molecular complexity index is 805. The molecule has 0 N–H and O–H groups in total. The molecule has 0 unspecified atom stereocenters. The number of aromatic nitrogens is 3. The van der Waals surface area contributed by atoms with E-state index < -0.39 is 11.7 Å². The van der Waals surface area contributed by atoms with Crippen LogP contribution < -0.4 is 0 Å². The first-order valence-corrected chi connectivity index (χ1v) is 6.88. The summed E-state index contributed by atoms with van der Waals surface area (Å²) in [4.78, 5) is 8.37. The summed E-state index contributed by atoms with van der Waals surface area (Å²) in [7, 11) is 0. The highest BCUT2D eigenvalue weighted by Crippen LogP contribution is 2.32. The molecule has 6 heteroatoms. The van der Waals surface area contributed by atoms with E-state index in [2.05, 4.69) is 9.97 Å². The number of pyridine rings is 1. The molecule has 0 amide bonds. The van der Waals surface area contributed by atoms with E-state index >= 15 is 0 Å². The first-order chi connectivity index (χ1) is 10.4. The summed E-state index contributed by atoms with van der Waals surface area (Å²) in [5, 5.41) is 0. The zero-order valence-corrected chi connectivity index (χ0v) is 12.1. The molecule has 0 saturated carbocycles. The second-order valence-electron chi connectivity index (χ2n) is 5.33. The lowest BCUT2D eigenvalue weighted by Gasteiger charge is -2.12. The number of imidazole rings is 1. The zero-order valence-electron chi connectivity index (χ0n) is 12.1. The van der Waals surface area contributed by atoms with Crippen molar-refractivity contribution in [2.24, 2.45) is 0 Å². The Labute approximate surface area is 125 Å². The van der Waals surface area contributed by atoms with Gasteiger partial charge < -0.3 is 4.57 Å². The van der Waals surface area contributed by atoms with Crippen LogP contribution in [0.5, 0.6) is 0 Å². The predicted molar refractivity (Wildman–Crippen MR) is 78.4 cm³/mol. The van der Waals surface area contributed by atoms with Crippen molar-refractivity contribution in [1.82, 2.24) is 14.5 Å². The topological polar surface area (TPSA) is 30.7 Å². The molecule has 2 heterocycles. The molecule has 0 aliphatic heterocycles. The highest BCUT2D eigenvalue weighted by atomic mass is 19.4. The van der Waals surface area contributed by atoms with Crippen molar-refractivity contribution in [1.29, 1.82) is 0 Å². The number of rotatable bonds is 2. The lowest BCUT2D eigenvalue weighted by atomic mass is 10.2. The minimum atomic E-state index is -4.42. The van der Waals surface area contributed by atoms with E-state index in [0.717, 1.165) is 17.8 Å². The average Bonchev–Trinajstić information content (AvgIpc) is 2.85. The molecule has 0 aliphatic rings. The normalized spacial score (nSPS) is 12.3. The van der Waals surface area contributed by atoms with Crippen LogP contribution in [0.25, 0.3) is 22.6 Å². The van der Waals surface area contributed by atoms with Crippen molar-refractivity contribution in [3.63, 3.8) is 0 Å². The smallest absolute Gasteiger partial charge is 0.306 e. The Balaban J connectivity index is 2.27. The average molecular weight is 305 g/mol. The molecule has 2 aromatic heterocycles. The van der Waals surface area contributed by atoms with E-state index in [1.807, 2.05) is 48.7 Å². The van der Waals surface area contributed by atoms with Crippen molar-refractivity contribution in [2.45, 2.75) is 26.1 Å². The van der Waals surface area contributed by atoms with Crippen LogP contribution in [0.2, 0.25) is 0 Å². The molecule has 0 spiro atoms. The minimum Gasteiger partial charge on any atom is -0.306 e. The third-order valence-corrected chi connectivity index (χ3v) is 3.41. The molecule has 0 atom stereocenters. The van der Waals surface area contributed by atoms with Gasteiger partial charge in [0.1, 0.15) is 11.3 Å². The summed E-state index contributed by atoms with van der Waals surface area (Å²) < 4.78 is 40.3. The number of hydrogen-bond acceptors (Lipinski definition) is 2. The maximum Gasteiger partial charge on any atom is 0.417 e. The van der Waals surface area contributed by atoms with Crippen LogP contribution in [0, 0.1) is 0 Å². The summed E-state index contributed by atoms with van der Waals surface area (Å²) in [6.07, 6.45) is -3.56. The van der Waals surface area contributed by atoms with Crippen LogP contribution in [0.15, 0.2) is 42.6 Å². The van der Waals surface area contributed by atoms with Gasteiger partial charge in [0.2, 0.25) is 0 Å². The van der Waals surface area contributed by atoms with Crippen LogP contribution in [0.3, 0.4) is 0 Å². The number of nitrogens with zero attached hydrogens (tertiary/aromatic N) is 3. The Hall–Kier alpha value is -2.37. The van der Waals surface area contributed by atoms with E-state index in [0.29, 0.717) is 11.5 Å². The zero-order chi connectivity index (χ0) is 15.9. The van der Waals surface area contributed by atoms with E-state index in [1.54, 1.807) is 0 Å². The highest BCUT2D eigenvalue weighted by molar-refractivity contribution is 5.78. The molecule has 3 rings (SSSR count). The monoisotopic (exact) mass is 305 g/mol. The number of benzene rings is 1. The van der Waals surface area contributed by atoms with Gasteiger partial charge in [0.05, 0.1) is 5.56 Å². The number of fused-ring (bicyclic) bond motifs is 1. The van der Waals surface area contributed by atoms with Gasteiger partial charge in [-0.1, -0.05) is 30.3 Å². The predicted octanol–water partition coefficient (Wildman–Crippen LogP) is 4.70. The minimum absolute atomic E-state index is 0.0319. The van der Waals surface area contributed by atoms with Crippen LogP contribution in [0.4, 0.5) is 13.2 Å². The molecule has 114 valence electrons. The van der Waals surface area contributed by atoms with Gasteiger partial charge in [-0.25, -0.2) is 9.97 Å². The molecule has 22 heavy (non-hydrogen) atoms. The van der Waals surface area contributed by atoms with Gasteiger partial charge in [0.25, 0.3) is 0 Å². The molecule has 0 bridgehead atoms. The summed E-state index contributed by atoms with van der Waals surface area (Å²) in [5.74, 6) is 0.623. The maximum atomic E-state index is 12.8.